The van der Waals surface area contributed by atoms with Crippen molar-refractivity contribution in [3.8, 4) is 11.1 Å². The van der Waals surface area contributed by atoms with Gasteiger partial charge in [-0.05, 0) is 24.1 Å². The number of rotatable bonds is 4. The number of thiophene rings is 1. The summed E-state index contributed by atoms with van der Waals surface area (Å²) in [7, 11) is 1.31. The maximum atomic E-state index is 13.0. The fourth-order valence-electron chi connectivity index (χ4n) is 2.62. The van der Waals surface area contributed by atoms with Crippen molar-refractivity contribution in [1.82, 2.24) is 9.55 Å². The Labute approximate surface area is 147 Å². The molecule has 1 atom stereocenters. The molecule has 0 amide bonds. The lowest BCUT2D eigenvalue weighted by atomic mass is 10.1. The van der Waals surface area contributed by atoms with Crippen molar-refractivity contribution < 1.29 is 9.53 Å². The third kappa shape index (κ3) is 2.83. The van der Waals surface area contributed by atoms with Crippen LogP contribution in [0.1, 0.15) is 19.4 Å². The van der Waals surface area contributed by atoms with Crippen LogP contribution in [0.15, 0.2) is 40.8 Å². The molecule has 7 heteroatoms. The molecule has 0 radical (unpaired) electrons. The Morgan fingerprint density at radius 3 is 2.71 bits per heavy atom. The van der Waals surface area contributed by atoms with Crippen LogP contribution in [0.4, 0.5) is 0 Å². The van der Waals surface area contributed by atoms with Crippen LogP contribution >= 0.6 is 22.9 Å². The first-order valence-electron chi connectivity index (χ1n) is 7.39. The van der Waals surface area contributed by atoms with Gasteiger partial charge in [-0.25, -0.2) is 9.78 Å². The minimum atomic E-state index is -0.683. The van der Waals surface area contributed by atoms with Gasteiger partial charge in [-0.1, -0.05) is 30.7 Å². The summed E-state index contributed by atoms with van der Waals surface area (Å²) in [5.41, 5.74) is 1.43. The summed E-state index contributed by atoms with van der Waals surface area (Å²) in [6, 6.07) is 6.59. The van der Waals surface area contributed by atoms with Gasteiger partial charge in [0, 0.05) is 16.0 Å². The average Bonchev–Trinajstić information content (AvgIpc) is 3.02. The Morgan fingerprint density at radius 2 is 2.08 bits per heavy atom. The topological polar surface area (TPSA) is 61.2 Å². The summed E-state index contributed by atoms with van der Waals surface area (Å²) in [6.45, 7) is 1.83. The Hall–Kier alpha value is -2.18. The Morgan fingerprint density at radius 1 is 1.38 bits per heavy atom. The van der Waals surface area contributed by atoms with Crippen LogP contribution in [0.5, 0.6) is 0 Å². The molecule has 0 spiro atoms. The number of hydrogen-bond acceptors (Lipinski definition) is 5. The molecule has 2 aromatic heterocycles. The van der Waals surface area contributed by atoms with E-state index in [9.17, 15) is 9.59 Å². The Kier molecular flexibility index (Phi) is 4.69. The number of nitrogens with zero attached hydrogens (tertiary/aromatic N) is 2. The molecule has 5 nitrogen and oxygen atoms in total. The molecular formula is C17H15ClN2O3S. The predicted octanol–water partition coefficient (Wildman–Crippen LogP) is 3.90. The van der Waals surface area contributed by atoms with Crippen LogP contribution in [0.2, 0.25) is 5.02 Å². The summed E-state index contributed by atoms with van der Waals surface area (Å²) in [5, 5.41) is 3.03. The standard InChI is InChI=1S/C17H15ClN2O3S/c1-3-13(17(22)23-2)20-9-19-15-14(16(20)21)12(8-24-15)10-4-6-11(18)7-5-10/h4-9,13H,3H2,1-2H3/t13-/m0/s1. The van der Waals surface area contributed by atoms with E-state index in [-0.39, 0.29) is 5.56 Å². The van der Waals surface area contributed by atoms with E-state index < -0.39 is 12.0 Å². The van der Waals surface area contributed by atoms with Gasteiger partial charge < -0.3 is 4.74 Å². The molecule has 0 aliphatic heterocycles. The molecule has 0 unspecified atom stereocenters. The van der Waals surface area contributed by atoms with Crippen molar-refractivity contribution >= 4 is 39.1 Å². The summed E-state index contributed by atoms with van der Waals surface area (Å²) in [5.74, 6) is -0.455. The van der Waals surface area contributed by atoms with Gasteiger partial charge in [-0.15, -0.1) is 11.3 Å². The highest BCUT2D eigenvalue weighted by Gasteiger charge is 2.23. The van der Waals surface area contributed by atoms with Crippen molar-refractivity contribution in [2.75, 3.05) is 7.11 Å². The van der Waals surface area contributed by atoms with Crippen molar-refractivity contribution in [1.29, 1.82) is 0 Å². The van der Waals surface area contributed by atoms with Crippen LogP contribution in [-0.2, 0) is 9.53 Å². The minimum Gasteiger partial charge on any atom is -0.467 e. The molecule has 0 saturated heterocycles. The molecule has 0 aliphatic carbocycles. The van der Waals surface area contributed by atoms with Gasteiger partial charge in [0.05, 0.1) is 18.8 Å². The van der Waals surface area contributed by atoms with Crippen molar-refractivity contribution in [2.45, 2.75) is 19.4 Å². The zero-order valence-electron chi connectivity index (χ0n) is 13.2. The average molecular weight is 363 g/mol. The third-order valence-electron chi connectivity index (χ3n) is 3.87. The fourth-order valence-corrected chi connectivity index (χ4v) is 3.65. The molecule has 0 bridgehead atoms. The monoisotopic (exact) mass is 362 g/mol. The first-order valence-corrected chi connectivity index (χ1v) is 8.64. The van der Waals surface area contributed by atoms with Gasteiger partial charge >= 0.3 is 5.97 Å². The number of carbonyl (C=O) groups is 1. The fraction of sp³-hybridized carbons (Fsp3) is 0.235. The number of fused-ring (bicyclic) bond motifs is 1. The number of carbonyl (C=O) groups excluding carboxylic acids is 1. The van der Waals surface area contributed by atoms with E-state index in [1.54, 1.807) is 12.1 Å². The van der Waals surface area contributed by atoms with Crippen LogP contribution in [0, 0.1) is 0 Å². The summed E-state index contributed by atoms with van der Waals surface area (Å²) >= 11 is 7.33. The van der Waals surface area contributed by atoms with Crippen molar-refractivity contribution in [2.24, 2.45) is 0 Å². The largest absolute Gasteiger partial charge is 0.467 e. The quantitative estimate of drug-likeness (QED) is 0.660. The summed E-state index contributed by atoms with van der Waals surface area (Å²) in [6.07, 6.45) is 1.86. The lowest BCUT2D eigenvalue weighted by molar-refractivity contribution is -0.144. The number of esters is 1. The second-order valence-corrected chi connectivity index (χ2v) is 6.54. The molecule has 3 rings (SSSR count). The highest BCUT2D eigenvalue weighted by Crippen LogP contribution is 2.31. The third-order valence-corrected chi connectivity index (χ3v) is 5.01. The van der Waals surface area contributed by atoms with Crippen molar-refractivity contribution in [3.05, 3.63) is 51.3 Å². The minimum absolute atomic E-state index is 0.247. The summed E-state index contributed by atoms with van der Waals surface area (Å²) < 4.78 is 6.14. The van der Waals surface area contributed by atoms with Gasteiger partial charge in [0.1, 0.15) is 10.9 Å². The molecular weight excluding hydrogens is 348 g/mol. The van der Waals surface area contributed by atoms with Crippen LogP contribution in [0.25, 0.3) is 21.3 Å². The number of hydrogen-bond donors (Lipinski definition) is 0. The van der Waals surface area contributed by atoms with Gasteiger partial charge in [-0.2, -0.15) is 0 Å². The molecule has 124 valence electrons. The number of aromatic nitrogens is 2. The first-order chi connectivity index (χ1) is 11.6. The number of benzene rings is 1. The van der Waals surface area contributed by atoms with E-state index in [0.29, 0.717) is 21.7 Å². The normalized spacial score (nSPS) is 12.3. The second kappa shape index (κ2) is 6.75. The van der Waals surface area contributed by atoms with E-state index >= 15 is 0 Å². The number of halogens is 1. The molecule has 3 aromatic rings. The highest BCUT2D eigenvalue weighted by atomic mass is 35.5. The van der Waals surface area contributed by atoms with E-state index in [1.807, 2.05) is 24.4 Å². The first kappa shape index (κ1) is 16.7. The second-order valence-electron chi connectivity index (χ2n) is 5.24. The maximum absolute atomic E-state index is 13.0. The number of methoxy groups -OCH3 is 1. The van der Waals surface area contributed by atoms with E-state index in [4.69, 9.17) is 16.3 Å². The van der Waals surface area contributed by atoms with E-state index in [2.05, 4.69) is 4.98 Å². The molecule has 2 heterocycles. The van der Waals surface area contributed by atoms with Gasteiger partial charge in [0.15, 0.2) is 0 Å². The lowest BCUT2D eigenvalue weighted by Gasteiger charge is -2.15. The Balaban J connectivity index is 2.21. The zero-order chi connectivity index (χ0) is 17.3. The zero-order valence-corrected chi connectivity index (χ0v) is 14.7. The highest BCUT2D eigenvalue weighted by molar-refractivity contribution is 7.17. The van der Waals surface area contributed by atoms with Gasteiger partial charge in [0.25, 0.3) is 5.56 Å². The Bertz CT molecular complexity index is 947. The molecule has 0 aliphatic rings. The van der Waals surface area contributed by atoms with E-state index in [1.165, 1.54) is 29.3 Å². The molecule has 0 saturated carbocycles. The van der Waals surface area contributed by atoms with E-state index in [0.717, 1.165) is 11.1 Å². The van der Waals surface area contributed by atoms with Gasteiger partial charge in [-0.3, -0.25) is 9.36 Å². The van der Waals surface area contributed by atoms with Crippen LogP contribution in [0.3, 0.4) is 0 Å². The molecule has 0 N–H and O–H groups in total. The maximum Gasteiger partial charge on any atom is 0.329 e. The number of ether oxygens (including phenoxy) is 1. The predicted molar refractivity (Wildman–Crippen MR) is 95.7 cm³/mol. The molecule has 1 aromatic carbocycles. The van der Waals surface area contributed by atoms with Crippen LogP contribution in [-0.4, -0.2) is 22.6 Å². The smallest absolute Gasteiger partial charge is 0.329 e. The van der Waals surface area contributed by atoms with Crippen molar-refractivity contribution in [3.63, 3.8) is 0 Å². The summed E-state index contributed by atoms with van der Waals surface area (Å²) in [4.78, 5) is 29.9. The van der Waals surface area contributed by atoms with Gasteiger partial charge in [0.2, 0.25) is 0 Å². The lowest BCUT2D eigenvalue weighted by Crippen LogP contribution is -2.30. The SMILES string of the molecule is CC[C@@H](C(=O)OC)n1cnc2scc(-c3ccc(Cl)cc3)c2c1=O. The van der Waals surface area contributed by atoms with Crippen LogP contribution < -0.4 is 5.56 Å². The molecule has 24 heavy (non-hydrogen) atoms. The molecule has 0 fully saturated rings.